The summed E-state index contributed by atoms with van der Waals surface area (Å²) in [7, 11) is -4.16. The molecule has 5 rings (SSSR count). The van der Waals surface area contributed by atoms with Gasteiger partial charge in [-0.25, -0.2) is 12.8 Å². The number of hydrogen-bond donors (Lipinski definition) is 3. The standard InChI is InChI=1S/C31H27ClFN3O5S/c32-26-18-23(33)11-14-25(26)20-9-12-24(13-10-20)42(40,41)36-28-8-4-2-5-21(28)17-29(36)31(39)35-19-22-6-1-3-7-27(22)34-16-15-30(37)38/h1-14,18,29,34H,15-17,19H2,(H,35,39)(H,37,38)/t29-/m0/s1. The third-order valence-electron chi connectivity index (χ3n) is 7.01. The molecule has 0 bridgehead atoms. The second-order valence-electron chi connectivity index (χ2n) is 9.74. The van der Waals surface area contributed by atoms with Gasteiger partial charge in [-0.1, -0.05) is 60.1 Å². The summed E-state index contributed by atoms with van der Waals surface area (Å²) in [6, 6.07) is 23.2. The van der Waals surface area contributed by atoms with Crippen LogP contribution in [0.3, 0.4) is 0 Å². The fourth-order valence-electron chi connectivity index (χ4n) is 4.95. The van der Waals surface area contributed by atoms with Crippen molar-refractivity contribution in [2.45, 2.75) is 30.3 Å². The van der Waals surface area contributed by atoms with Crippen molar-refractivity contribution in [1.82, 2.24) is 5.32 Å². The van der Waals surface area contributed by atoms with Crippen LogP contribution >= 0.6 is 11.6 Å². The summed E-state index contributed by atoms with van der Waals surface area (Å²) in [5.41, 5.74) is 3.75. The normalized spacial score (nSPS) is 14.3. The number of anilines is 2. The van der Waals surface area contributed by atoms with Gasteiger partial charge in [0.2, 0.25) is 5.91 Å². The van der Waals surface area contributed by atoms with Crippen LogP contribution in [0.5, 0.6) is 0 Å². The lowest BCUT2D eigenvalue weighted by atomic mass is 10.1. The molecule has 4 aromatic carbocycles. The smallest absolute Gasteiger partial charge is 0.305 e. The molecule has 3 N–H and O–H groups in total. The van der Waals surface area contributed by atoms with Gasteiger partial charge in [-0.3, -0.25) is 13.9 Å². The Morgan fingerprint density at radius 1 is 0.976 bits per heavy atom. The van der Waals surface area contributed by atoms with E-state index in [-0.39, 0.29) is 35.8 Å². The van der Waals surface area contributed by atoms with E-state index in [4.69, 9.17) is 16.7 Å². The Morgan fingerprint density at radius 3 is 2.43 bits per heavy atom. The highest BCUT2D eigenvalue weighted by Crippen LogP contribution is 2.38. The minimum Gasteiger partial charge on any atom is -0.481 e. The first-order valence-electron chi connectivity index (χ1n) is 13.1. The van der Waals surface area contributed by atoms with E-state index in [1.807, 2.05) is 0 Å². The van der Waals surface area contributed by atoms with Gasteiger partial charge in [-0.05, 0) is 59.2 Å². The number of aliphatic carboxylic acids is 1. The van der Waals surface area contributed by atoms with Crippen LogP contribution in [0.1, 0.15) is 17.5 Å². The van der Waals surface area contributed by atoms with Crippen molar-refractivity contribution in [2.24, 2.45) is 0 Å². The number of carboxylic acids is 1. The van der Waals surface area contributed by atoms with Gasteiger partial charge in [0.05, 0.1) is 22.0 Å². The number of halogens is 2. The average molecular weight is 608 g/mol. The summed E-state index contributed by atoms with van der Waals surface area (Å²) in [4.78, 5) is 24.4. The van der Waals surface area contributed by atoms with Gasteiger partial charge in [-0.15, -0.1) is 0 Å². The van der Waals surface area contributed by atoms with Crippen LogP contribution in [-0.4, -0.2) is 38.0 Å². The van der Waals surface area contributed by atoms with E-state index < -0.39 is 33.8 Å². The molecular formula is C31H27ClFN3O5S. The predicted octanol–water partition coefficient (Wildman–Crippen LogP) is 5.47. The van der Waals surface area contributed by atoms with Gasteiger partial charge >= 0.3 is 5.97 Å². The van der Waals surface area contributed by atoms with E-state index in [2.05, 4.69) is 10.6 Å². The molecule has 1 atom stereocenters. The van der Waals surface area contributed by atoms with Crippen molar-refractivity contribution in [3.05, 3.63) is 113 Å². The Balaban J connectivity index is 1.38. The fraction of sp³-hybridized carbons (Fsp3) is 0.161. The molecule has 1 aliphatic heterocycles. The van der Waals surface area contributed by atoms with Crippen molar-refractivity contribution >= 4 is 44.9 Å². The van der Waals surface area contributed by atoms with Crippen molar-refractivity contribution in [3.8, 4) is 11.1 Å². The maximum atomic E-state index is 14.0. The Labute approximate surface area is 247 Å². The molecule has 4 aromatic rings. The zero-order valence-electron chi connectivity index (χ0n) is 22.3. The summed E-state index contributed by atoms with van der Waals surface area (Å²) in [6.07, 6.45) is 0.134. The number of sulfonamides is 1. The zero-order valence-corrected chi connectivity index (χ0v) is 23.8. The van der Waals surface area contributed by atoms with Crippen LogP contribution in [0, 0.1) is 5.82 Å². The van der Waals surface area contributed by atoms with Crippen LogP contribution < -0.4 is 14.9 Å². The highest BCUT2D eigenvalue weighted by atomic mass is 35.5. The molecule has 0 saturated carbocycles. The highest BCUT2D eigenvalue weighted by molar-refractivity contribution is 7.93. The van der Waals surface area contributed by atoms with Gasteiger partial charge in [0, 0.05) is 30.8 Å². The van der Waals surface area contributed by atoms with Gasteiger partial charge in [0.25, 0.3) is 10.0 Å². The quantitative estimate of drug-likeness (QED) is 0.220. The topological polar surface area (TPSA) is 116 Å². The second kappa shape index (κ2) is 12.2. The van der Waals surface area contributed by atoms with Crippen molar-refractivity contribution < 1.29 is 27.5 Å². The average Bonchev–Trinajstić information content (AvgIpc) is 3.37. The number of carboxylic acid groups (broad SMARTS) is 1. The molecule has 8 nitrogen and oxygen atoms in total. The number of para-hydroxylation sites is 2. The fourth-order valence-corrected chi connectivity index (χ4v) is 6.87. The number of amides is 1. The number of hydrogen-bond acceptors (Lipinski definition) is 5. The molecule has 216 valence electrons. The largest absolute Gasteiger partial charge is 0.481 e. The van der Waals surface area contributed by atoms with E-state index in [1.165, 1.54) is 30.3 Å². The van der Waals surface area contributed by atoms with Crippen LogP contribution in [0.25, 0.3) is 11.1 Å². The SMILES string of the molecule is O=C(O)CCNc1ccccc1CNC(=O)[C@@H]1Cc2ccccc2N1S(=O)(=O)c1ccc(-c2ccc(F)cc2Cl)cc1. The van der Waals surface area contributed by atoms with E-state index in [1.54, 1.807) is 60.7 Å². The first-order chi connectivity index (χ1) is 20.1. The van der Waals surface area contributed by atoms with Gasteiger partial charge < -0.3 is 15.7 Å². The summed E-state index contributed by atoms with van der Waals surface area (Å²) >= 11 is 6.19. The summed E-state index contributed by atoms with van der Waals surface area (Å²) < 4.78 is 42.6. The molecule has 0 unspecified atom stereocenters. The summed E-state index contributed by atoms with van der Waals surface area (Å²) in [5, 5.41) is 15.1. The molecule has 0 saturated heterocycles. The van der Waals surface area contributed by atoms with Crippen LogP contribution in [-0.2, 0) is 32.6 Å². The molecule has 1 amide bonds. The summed E-state index contributed by atoms with van der Waals surface area (Å²) in [6.45, 7) is 0.333. The molecule has 1 heterocycles. The Morgan fingerprint density at radius 2 is 1.69 bits per heavy atom. The maximum absolute atomic E-state index is 14.0. The molecule has 0 aliphatic carbocycles. The maximum Gasteiger partial charge on any atom is 0.305 e. The molecule has 0 fully saturated rings. The zero-order chi connectivity index (χ0) is 29.9. The van der Waals surface area contributed by atoms with Crippen LogP contribution in [0.2, 0.25) is 5.02 Å². The van der Waals surface area contributed by atoms with Gasteiger partial charge in [0.1, 0.15) is 11.9 Å². The Bertz CT molecular complexity index is 1750. The molecular weight excluding hydrogens is 581 g/mol. The number of rotatable bonds is 10. The lowest BCUT2D eigenvalue weighted by molar-refractivity contribution is -0.136. The second-order valence-corrected chi connectivity index (χ2v) is 12.0. The Kier molecular flexibility index (Phi) is 8.46. The lowest BCUT2D eigenvalue weighted by Gasteiger charge is -2.26. The molecule has 0 aromatic heterocycles. The minimum atomic E-state index is -4.16. The van der Waals surface area contributed by atoms with Gasteiger partial charge in [0.15, 0.2) is 0 Å². The number of nitrogens with one attached hydrogen (secondary N) is 2. The van der Waals surface area contributed by atoms with Crippen LogP contribution in [0.15, 0.2) is 95.9 Å². The van der Waals surface area contributed by atoms with Gasteiger partial charge in [-0.2, -0.15) is 0 Å². The first-order valence-corrected chi connectivity index (χ1v) is 15.0. The van der Waals surface area contributed by atoms with Crippen molar-refractivity contribution in [2.75, 3.05) is 16.2 Å². The highest BCUT2D eigenvalue weighted by Gasteiger charge is 2.42. The van der Waals surface area contributed by atoms with E-state index >= 15 is 0 Å². The summed E-state index contributed by atoms with van der Waals surface area (Å²) in [5.74, 6) is -1.87. The molecule has 0 radical (unpaired) electrons. The monoisotopic (exact) mass is 607 g/mol. The minimum absolute atomic E-state index is 0.00744. The molecule has 0 spiro atoms. The van der Waals surface area contributed by atoms with E-state index in [9.17, 15) is 22.4 Å². The lowest BCUT2D eigenvalue weighted by Crippen LogP contribution is -2.47. The third-order valence-corrected chi connectivity index (χ3v) is 9.16. The molecule has 42 heavy (non-hydrogen) atoms. The van der Waals surface area contributed by atoms with E-state index in [0.29, 0.717) is 22.5 Å². The van der Waals surface area contributed by atoms with Crippen molar-refractivity contribution in [3.63, 3.8) is 0 Å². The van der Waals surface area contributed by atoms with E-state index in [0.717, 1.165) is 15.4 Å². The predicted molar refractivity (Wildman–Crippen MR) is 159 cm³/mol. The first kappa shape index (κ1) is 29.1. The molecule has 11 heteroatoms. The Hall–Kier alpha value is -4.41. The number of nitrogens with zero attached hydrogens (tertiary/aromatic N) is 1. The van der Waals surface area contributed by atoms with Crippen molar-refractivity contribution in [1.29, 1.82) is 0 Å². The number of carbonyl (C=O) groups excluding carboxylic acids is 1. The third kappa shape index (κ3) is 6.09. The number of fused-ring (bicyclic) bond motifs is 1. The number of benzene rings is 4. The number of carbonyl (C=O) groups is 2. The molecule has 1 aliphatic rings. The van der Waals surface area contributed by atoms with Crippen LogP contribution in [0.4, 0.5) is 15.8 Å².